The summed E-state index contributed by atoms with van der Waals surface area (Å²) in [6.45, 7) is 1.42. The molecule has 0 saturated carbocycles. The molecule has 1 atom stereocenters. The van der Waals surface area contributed by atoms with Crippen molar-refractivity contribution in [2.24, 2.45) is 0 Å². The number of aliphatic hydroxyl groups is 1. The molecule has 1 aromatic carbocycles. The predicted molar refractivity (Wildman–Crippen MR) is 72.4 cm³/mol. The topological polar surface area (TPSA) is 86.6 Å². The van der Waals surface area contributed by atoms with Crippen LogP contribution in [-0.2, 0) is 0 Å². The molecule has 0 spiro atoms. The smallest absolute Gasteiger partial charge is 0.338 e. The second-order valence-corrected chi connectivity index (χ2v) is 4.96. The normalized spacial score (nSPS) is 12.1. The molecule has 1 aromatic rings. The minimum absolute atomic E-state index is 0.0472. The lowest BCUT2D eigenvalue weighted by Gasteiger charge is -2.12. The maximum Gasteiger partial charge on any atom is 0.338 e. The number of hydrogen-bond donors (Lipinski definition) is 3. The number of aromatic carboxylic acids is 1. The Kier molecular flexibility index (Phi) is 5.43. The molecule has 0 radical (unpaired) electrons. The fourth-order valence-corrected chi connectivity index (χ4v) is 2.13. The van der Waals surface area contributed by atoms with Crippen LogP contribution >= 0.6 is 34.8 Å². The number of rotatable bonds is 4. The summed E-state index contributed by atoms with van der Waals surface area (Å²) in [5, 5.41) is 20.1. The van der Waals surface area contributed by atoms with Crippen molar-refractivity contribution in [3.63, 3.8) is 0 Å². The zero-order chi connectivity index (χ0) is 14.7. The quantitative estimate of drug-likeness (QED) is 0.742. The number of halogens is 3. The molecule has 1 rings (SSSR count). The highest BCUT2D eigenvalue weighted by atomic mass is 35.5. The molecule has 3 N–H and O–H groups in total. The average molecular weight is 327 g/mol. The molecule has 0 bridgehead atoms. The Hall–Kier alpha value is -1.01. The van der Waals surface area contributed by atoms with E-state index >= 15 is 0 Å². The van der Waals surface area contributed by atoms with Crippen LogP contribution in [0.15, 0.2) is 6.07 Å². The lowest BCUT2D eigenvalue weighted by Crippen LogP contribution is -2.32. The first-order chi connectivity index (χ1) is 8.75. The van der Waals surface area contributed by atoms with Gasteiger partial charge in [-0.2, -0.15) is 0 Å². The fourth-order valence-electron chi connectivity index (χ4n) is 1.35. The number of carboxylic acids is 1. The SMILES string of the molecule is CC(O)CNC(=O)c1c(Cl)cc(Cl)c(Cl)c1C(=O)O. The van der Waals surface area contributed by atoms with Crippen LogP contribution in [0.25, 0.3) is 0 Å². The molecule has 0 saturated heterocycles. The Labute approximate surface area is 124 Å². The van der Waals surface area contributed by atoms with E-state index in [-0.39, 0.29) is 27.2 Å². The van der Waals surface area contributed by atoms with Crippen LogP contribution in [0.4, 0.5) is 0 Å². The highest BCUT2D eigenvalue weighted by molar-refractivity contribution is 6.46. The molecule has 8 heteroatoms. The van der Waals surface area contributed by atoms with Gasteiger partial charge in [-0.05, 0) is 13.0 Å². The first kappa shape index (κ1) is 16.0. The molecule has 0 fully saturated rings. The number of benzene rings is 1. The standard InChI is InChI=1S/C11H10Cl3NO4/c1-4(16)3-15-10(17)7-5(12)2-6(13)9(14)8(7)11(18)19/h2,4,16H,3H2,1H3,(H,15,17)(H,18,19). The maximum atomic E-state index is 11.9. The first-order valence-electron chi connectivity index (χ1n) is 5.12. The van der Waals surface area contributed by atoms with Crippen molar-refractivity contribution in [3.8, 4) is 0 Å². The van der Waals surface area contributed by atoms with Gasteiger partial charge in [0, 0.05) is 6.54 Å². The highest BCUT2D eigenvalue weighted by Gasteiger charge is 2.25. The second-order valence-electron chi connectivity index (χ2n) is 3.77. The van der Waals surface area contributed by atoms with E-state index < -0.39 is 23.5 Å². The summed E-state index contributed by atoms with van der Waals surface area (Å²) in [5.74, 6) is -2.17. The van der Waals surface area contributed by atoms with E-state index in [1.165, 1.54) is 13.0 Å². The van der Waals surface area contributed by atoms with Gasteiger partial charge in [-0.25, -0.2) is 4.79 Å². The van der Waals surface area contributed by atoms with Crippen molar-refractivity contribution in [2.45, 2.75) is 13.0 Å². The Morgan fingerprint density at radius 1 is 1.26 bits per heavy atom. The average Bonchev–Trinajstić information content (AvgIpc) is 2.29. The van der Waals surface area contributed by atoms with Crippen LogP contribution in [0.3, 0.4) is 0 Å². The van der Waals surface area contributed by atoms with E-state index in [2.05, 4.69) is 5.32 Å². The monoisotopic (exact) mass is 325 g/mol. The summed E-state index contributed by atoms with van der Waals surface area (Å²) in [5.41, 5.74) is -0.758. The van der Waals surface area contributed by atoms with E-state index in [1.807, 2.05) is 0 Å². The first-order valence-corrected chi connectivity index (χ1v) is 6.26. The van der Waals surface area contributed by atoms with E-state index in [1.54, 1.807) is 0 Å². The van der Waals surface area contributed by atoms with E-state index in [9.17, 15) is 9.59 Å². The molecular weight excluding hydrogens is 316 g/mol. The van der Waals surface area contributed by atoms with Gasteiger partial charge >= 0.3 is 5.97 Å². The Morgan fingerprint density at radius 3 is 2.32 bits per heavy atom. The lowest BCUT2D eigenvalue weighted by atomic mass is 10.1. The molecule has 104 valence electrons. The molecule has 5 nitrogen and oxygen atoms in total. The van der Waals surface area contributed by atoms with Crippen LogP contribution in [0.1, 0.15) is 27.6 Å². The maximum absolute atomic E-state index is 11.9. The minimum Gasteiger partial charge on any atom is -0.478 e. The summed E-state index contributed by atoms with van der Waals surface area (Å²) in [6, 6.07) is 1.19. The number of carboxylic acid groups (broad SMARTS) is 1. The van der Waals surface area contributed by atoms with E-state index in [4.69, 9.17) is 45.0 Å². The molecule has 1 unspecified atom stereocenters. The predicted octanol–water partition coefficient (Wildman–Crippen LogP) is 2.46. The molecular formula is C11H10Cl3NO4. The van der Waals surface area contributed by atoms with Crippen molar-refractivity contribution in [3.05, 3.63) is 32.3 Å². The molecule has 1 amide bonds. The molecule has 0 heterocycles. The van der Waals surface area contributed by atoms with Crippen molar-refractivity contribution in [1.29, 1.82) is 0 Å². The number of hydrogen-bond acceptors (Lipinski definition) is 3. The molecule has 19 heavy (non-hydrogen) atoms. The Morgan fingerprint density at radius 2 is 1.84 bits per heavy atom. The van der Waals surface area contributed by atoms with Crippen LogP contribution in [0, 0.1) is 0 Å². The van der Waals surface area contributed by atoms with Crippen LogP contribution in [-0.4, -0.2) is 34.7 Å². The third-order valence-electron chi connectivity index (χ3n) is 2.17. The second kappa shape index (κ2) is 6.43. The summed E-state index contributed by atoms with van der Waals surface area (Å²) < 4.78 is 0. The van der Waals surface area contributed by atoms with Crippen molar-refractivity contribution in [2.75, 3.05) is 6.54 Å². The summed E-state index contributed by atoms with van der Waals surface area (Å²) in [6.07, 6.45) is -0.779. The van der Waals surface area contributed by atoms with Crippen molar-refractivity contribution >= 4 is 46.7 Å². The number of carbonyl (C=O) groups excluding carboxylic acids is 1. The van der Waals surface area contributed by atoms with Gasteiger partial charge in [0.15, 0.2) is 0 Å². The largest absolute Gasteiger partial charge is 0.478 e. The molecule has 0 aliphatic heterocycles. The van der Waals surface area contributed by atoms with Gasteiger partial charge in [-0.1, -0.05) is 34.8 Å². The van der Waals surface area contributed by atoms with Gasteiger partial charge in [-0.3, -0.25) is 4.79 Å². The van der Waals surface area contributed by atoms with Crippen molar-refractivity contribution < 1.29 is 19.8 Å². The van der Waals surface area contributed by atoms with Crippen LogP contribution in [0.2, 0.25) is 15.1 Å². The Bertz CT molecular complexity index is 531. The Balaban J connectivity index is 3.30. The van der Waals surface area contributed by atoms with E-state index in [0.717, 1.165) is 0 Å². The summed E-state index contributed by atoms with van der Waals surface area (Å²) >= 11 is 17.3. The minimum atomic E-state index is -1.42. The van der Waals surface area contributed by atoms with Gasteiger partial charge in [0.05, 0.1) is 32.3 Å². The van der Waals surface area contributed by atoms with Crippen LogP contribution < -0.4 is 5.32 Å². The third kappa shape index (κ3) is 3.73. The number of amides is 1. The van der Waals surface area contributed by atoms with Gasteiger partial charge in [0.2, 0.25) is 0 Å². The van der Waals surface area contributed by atoms with Crippen LogP contribution in [0.5, 0.6) is 0 Å². The van der Waals surface area contributed by atoms with Gasteiger partial charge in [0.1, 0.15) is 0 Å². The zero-order valence-corrected chi connectivity index (χ0v) is 12.0. The third-order valence-corrected chi connectivity index (χ3v) is 3.26. The summed E-state index contributed by atoms with van der Waals surface area (Å²) in [4.78, 5) is 23.0. The number of nitrogens with one attached hydrogen (secondary N) is 1. The fraction of sp³-hybridized carbons (Fsp3) is 0.273. The lowest BCUT2D eigenvalue weighted by molar-refractivity contribution is 0.0691. The van der Waals surface area contributed by atoms with Gasteiger partial charge < -0.3 is 15.5 Å². The van der Waals surface area contributed by atoms with Crippen molar-refractivity contribution in [1.82, 2.24) is 5.32 Å². The highest BCUT2D eigenvalue weighted by Crippen LogP contribution is 2.34. The van der Waals surface area contributed by atoms with Gasteiger partial charge in [0.25, 0.3) is 5.91 Å². The zero-order valence-electron chi connectivity index (χ0n) is 9.71. The van der Waals surface area contributed by atoms with Gasteiger partial charge in [-0.15, -0.1) is 0 Å². The molecule has 0 aliphatic rings. The summed E-state index contributed by atoms with van der Waals surface area (Å²) in [7, 11) is 0. The van der Waals surface area contributed by atoms with E-state index in [0.29, 0.717) is 0 Å². The number of aliphatic hydroxyl groups excluding tert-OH is 1. The molecule has 0 aromatic heterocycles. The molecule has 0 aliphatic carbocycles. The number of carbonyl (C=O) groups is 2.